The first-order valence-corrected chi connectivity index (χ1v) is 8.03. The molecule has 1 aliphatic heterocycles. The molecule has 0 aromatic rings. The lowest BCUT2D eigenvalue weighted by molar-refractivity contribution is -0.129. The third-order valence-corrected chi connectivity index (χ3v) is 4.09. The van der Waals surface area contributed by atoms with E-state index in [9.17, 15) is 4.79 Å². The number of hydrogen-bond acceptors (Lipinski definition) is 3. The van der Waals surface area contributed by atoms with Gasteiger partial charge in [0.15, 0.2) is 5.78 Å². The number of likely N-dealkylation sites (tertiary alicyclic amines) is 1. The van der Waals surface area contributed by atoms with Gasteiger partial charge >= 0.3 is 0 Å². The first-order valence-electron chi connectivity index (χ1n) is 8.03. The highest BCUT2D eigenvalue weighted by atomic mass is 16.1. The molecule has 3 nitrogen and oxygen atoms in total. The monoisotopic (exact) mass is 282 g/mol. The fourth-order valence-corrected chi connectivity index (χ4v) is 2.99. The van der Waals surface area contributed by atoms with E-state index in [1.54, 1.807) is 0 Å². The number of nitrogens with zero attached hydrogens (tertiary/aromatic N) is 1. The Balaban J connectivity index is 2.79. The fourth-order valence-electron chi connectivity index (χ4n) is 2.99. The molecule has 2 atom stereocenters. The van der Waals surface area contributed by atoms with E-state index in [1.807, 2.05) is 20.8 Å². The second kappa shape index (κ2) is 6.57. The molecule has 1 N–H and O–H groups in total. The van der Waals surface area contributed by atoms with Crippen molar-refractivity contribution in [3.8, 4) is 0 Å². The smallest absolute Gasteiger partial charge is 0.155 e. The number of piperidine rings is 1. The SMILES string of the molecule is CN1CCCCC1CC(NC(C)(C)C)C(=O)C(C)(C)C. The van der Waals surface area contributed by atoms with Gasteiger partial charge in [-0.3, -0.25) is 4.79 Å². The lowest BCUT2D eigenvalue weighted by atomic mass is 9.82. The molecule has 0 amide bonds. The van der Waals surface area contributed by atoms with E-state index in [0.29, 0.717) is 11.8 Å². The van der Waals surface area contributed by atoms with Crippen LogP contribution in [0.25, 0.3) is 0 Å². The van der Waals surface area contributed by atoms with Crippen molar-refractivity contribution in [2.75, 3.05) is 13.6 Å². The van der Waals surface area contributed by atoms with E-state index in [-0.39, 0.29) is 17.0 Å². The quantitative estimate of drug-likeness (QED) is 0.859. The Hall–Kier alpha value is -0.410. The molecule has 118 valence electrons. The minimum absolute atomic E-state index is 0.0290. The average molecular weight is 282 g/mol. The van der Waals surface area contributed by atoms with Gasteiger partial charge < -0.3 is 10.2 Å². The number of rotatable bonds is 4. The number of carbonyl (C=O) groups excluding carboxylic acids is 1. The van der Waals surface area contributed by atoms with Crippen molar-refractivity contribution >= 4 is 5.78 Å². The van der Waals surface area contributed by atoms with Crippen LogP contribution in [-0.2, 0) is 4.79 Å². The molecule has 2 unspecified atom stereocenters. The standard InChI is InChI=1S/C17H34N2O/c1-16(2,3)15(20)14(18-17(4,5)6)12-13-10-8-9-11-19(13)7/h13-14,18H,8-12H2,1-7H3. The van der Waals surface area contributed by atoms with Crippen LogP contribution >= 0.6 is 0 Å². The van der Waals surface area contributed by atoms with Crippen LogP contribution in [0.3, 0.4) is 0 Å². The Morgan fingerprint density at radius 2 is 1.80 bits per heavy atom. The molecule has 3 heteroatoms. The van der Waals surface area contributed by atoms with Gasteiger partial charge in [-0.25, -0.2) is 0 Å². The molecule has 1 saturated heterocycles. The van der Waals surface area contributed by atoms with Gasteiger partial charge in [0.1, 0.15) is 0 Å². The molecule has 1 heterocycles. The predicted molar refractivity (Wildman–Crippen MR) is 86.0 cm³/mol. The molecule has 0 aromatic heterocycles. The maximum absolute atomic E-state index is 12.7. The van der Waals surface area contributed by atoms with Gasteiger partial charge in [0, 0.05) is 17.0 Å². The van der Waals surface area contributed by atoms with Gasteiger partial charge in [0.25, 0.3) is 0 Å². The Kier molecular flexibility index (Phi) is 5.79. The zero-order chi connectivity index (χ0) is 15.6. The van der Waals surface area contributed by atoms with Crippen LogP contribution in [0.2, 0.25) is 0 Å². The topological polar surface area (TPSA) is 32.3 Å². The first kappa shape index (κ1) is 17.6. The molecule has 0 bridgehead atoms. The summed E-state index contributed by atoms with van der Waals surface area (Å²) in [5, 5.41) is 3.55. The number of Topliss-reactive ketones (excluding diaryl/α,β-unsaturated/α-hetero) is 1. The van der Waals surface area contributed by atoms with Crippen molar-refractivity contribution in [2.24, 2.45) is 5.41 Å². The number of hydrogen-bond donors (Lipinski definition) is 1. The molecule has 1 rings (SSSR count). The Morgan fingerprint density at radius 3 is 2.25 bits per heavy atom. The summed E-state index contributed by atoms with van der Waals surface area (Å²) in [6.45, 7) is 13.7. The van der Waals surface area contributed by atoms with Crippen molar-refractivity contribution in [2.45, 2.75) is 84.8 Å². The van der Waals surface area contributed by atoms with Crippen LogP contribution in [0, 0.1) is 5.41 Å². The highest BCUT2D eigenvalue weighted by Crippen LogP contribution is 2.25. The Morgan fingerprint density at radius 1 is 1.20 bits per heavy atom. The minimum atomic E-state index is -0.282. The van der Waals surface area contributed by atoms with Gasteiger partial charge in [-0.2, -0.15) is 0 Å². The van der Waals surface area contributed by atoms with Crippen molar-refractivity contribution in [3.05, 3.63) is 0 Å². The van der Waals surface area contributed by atoms with E-state index in [4.69, 9.17) is 0 Å². The lowest BCUT2D eigenvalue weighted by Crippen LogP contribution is -2.53. The second-order valence-electron chi connectivity index (χ2n) is 8.43. The highest BCUT2D eigenvalue weighted by molar-refractivity contribution is 5.88. The van der Waals surface area contributed by atoms with Gasteiger partial charge in [-0.15, -0.1) is 0 Å². The summed E-state index contributed by atoms with van der Waals surface area (Å²) in [5.74, 6) is 0.339. The van der Waals surface area contributed by atoms with Crippen LogP contribution in [0.1, 0.15) is 67.2 Å². The van der Waals surface area contributed by atoms with Gasteiger partial charge in [0.05, 0.1) is 6.04 Å². The third-order valence-electron chi connectivity index (χ3n) is 4.09. The maximum atomic E-state index is 12.7. The summed E-state index contributed by atoms with van der Waals surface area (Å²) in [6.07, 6.45) is 4.73. The molecule has 0 radical (unpaired) electrons. The number of nitrogens with one attached hydrogen (secondary N) is 1. The van der Waals surface area contributed by atoms with Crippen LogP contribution in [0.5, 0.6) is 0 Å². The van der Waals surface area contributed by atoms with E-state index in [1.165, 1.54) is 19.3 Å². The van der Waals surface area contributed by atoms with Crippen LogP contribution < -0.4 is 5.32 Å². The van der Waals surface area contributed by atoms with Crippen molar-refractivity contribution < 1.29 is 4.79 Å². The largest absolute Gasteiger partial charge is 0.303 e. The molecule has 1 fully saturated rings. The zero-order valence-electron chi connectivity index (χ0n) is 14.5. The van der Waals surface area contributed by atoms with Gasteiger partial charge in [-0.05, 0) is 53.6 Å². The normalized spacial score (nSPS) is 23.6. The van der Waals surface area contributed by atoms with E-state index >= 15 is 0 Å². The van der Waals surface area contributed by atoms with Crippen molar-refractivity contribution in [3.63, 3.8) is 0 Å². The van der Waals surface area contributed by atoms with Crippen LogP contribution in [0.15, 0.2) is 0 Å². The molecule has 0 aromatic carbocycles. The predicted octanol–water partition coefficient (Wildman–Crippen LogP) is 3.23. The second-order valence-corrected chi connectivity index (χ2v) is 8.43. The molecule has 0 spiro atoms. The first-order chi connectivity index (χ1) is 9.00. The van der Waals surface area contributed by atoms with Crippen molar-refractivity contribution in [1.82, 2.24) is 10.2 Å². The minimum Gasteiger partial charge on any atom is -0.303 e. The fraction of sp³-hybridized carbons (Fsp3) is 0.941. The van der Waals surface area contributed by atoms with Crippen LogP contribution in [-0.4, -0.2) is 41.9 Å². The Bertz CT molecular complexity index is 325. The highest BCUT2D eigenvalue weighted by Gasteiger charge is 2.34. The Labute approximate surface area is 125 Å². The summed E-state index contributed by atoms with van der Waals surface area (Å²) in [6, 6.07) is 0.496. The summed E-state index contributed by atoms with van der Waals surface area (Å²) < 4.78 is 0. The van der Waals surface area contributed by atoms with Crippen molar-refractivity contribution in [1.29, 1.82) is 0 Å². The molecule has 0 saturated carbocycles. The summed E-state index contributed by atoms with van der Waals surface area (Å²) >= 11 is 0. The van der Waals surface area contributed by atoms with E-state index in [0.717, 1.165) is 13.0 Å². The zero-order valence-corrected chi connectivity index (χ0v) is 14.5. The van der Waals surface area contributed by atoms with Gasteiger partial charge in [-0.1, -0.05) is 27.2 Å². The lowest BCUT2D eigenvalue weighted by Gasteiger charge is -2.38. The van der Waals surface area contributed by atoms with Gasteiger partial charge in [0.2, 0.25) is 0 Å². The van der Waals surface area contributed by atoms with E-state index in [2.05, 4.69) is 38.0 Å². The molecular formula is C17H34N2O. The maximum Gasteiger partial charge on any atom is 0.155 e. The summed E-state index contributed by atoms with van der Waals surface area (Å²) in [5.41, 5.74) is -0.311. The third kappa shape index (κ3) is 5.53. The number of ketones is 1. The average Bonchev–Trinajstić information content (AvgIpc) is 2.27. The molecule has 1 aliphatic rings. The van der Waals surface area contributed by atoms with E-state index < -0.39 is 0 Å². The number of carbonyl (C=O) groups is 1. The van der Waals surface area contributed by atoms with Crippen LogP contribution in [0.4, 0.5) is 0 Å². The molecule has 0 aliphatic carbocycles. The summed E-state index contributed by atoms with van der Waals surface area (Å²) in [7, 11) is 2.19. The molecule has 20 heavy (non-hydrogen) atoms. The summed E-state index contributed by atoms with van der Waals surface area (Å²) in [4.78, 5) is 15.2. The molecular weight excluding hydrogens is 248 g/mol.